The first-order valence-corrected chi connectivity index (χ1v) is 6.74. The average molecular weight is 270 g/mol. The minimum absolute atomic E-state index is 0.157. The summed E-state index contributed by atoms with van der Waals surface area (Å²) in [4.78, 5) is 20.8. The van der Waals surface area contributed by atoms with E-state index >= 15 is 0 Å². The van der Waals surface area contributed by atoms with Gasteiger partial charge in [0.15, 0.2) is 0 Å². The van der Waals surface area contributed by atoms with E-state index in [2.05, 4.69) is 4.74 Å². The van der Waals surface area contributed by atoms with Crippen LogP contribution in [-0.4, -0.2) is 19.4 Å². The fourth-order valence-electron chi connectivity index (χ4n) is 1.66. The first-order valence-electron chi connectivity index (χ1n) is 6.74. The van der Waals surface area contributed by atoms with Gasteiger partial charge in [0, 0.05) is 6.42 Å². The largest absolute Gasteiger partial charge is 0.469 e. The third-order valence-corrected chi connectivity index (χ3v) is 2.74. The molecule has 108 valence electrons. The molecular formula is C15H23FO3. The molecule has 0 saturated carbocycles. The number of aldehydes is 1. The minimum atomic E-state index is -0.191. The van der Waals surface area contributed by atoms with Gasteiger partial charge in [-0.2, -0.15) is 0 Å². The number of hydrogen-bond acceptors (Lipinski definition) is 3. The summed E-state index contributed by atoms with van der Waals surface area (Å²) in [7, 11) is 1.40. The molecule has 0 fully saturated rings. The van der Waals surface area contributed by atoms with Crippen molar-refractivity contribution in [2.75, 3.05) is 7.11 Å². The molecule has 0 aromatic carbocycles. The molecule has 0 radical (unpaired) electrons. The SMILES string of the molecule is COC(=O)CCCCCCCC/C(F)=C\C=C\C=O. The highest BCUT2D eigenvalue weighted by Gasteiger charge is 1.99. The monoisotopic (exact) mass is 270 g/mol. The molecule has 0 aromatic heterocycles. The minimum Gasteiger partial charge on any atom is -0.469 e. The van der Waals surface area contributed by atoms with Crippen molar-refractivity contribution in [2.24, 2.45) is 0 Å². The summed E-state index contributed by atoms with van der Waals surface area (Å²) < 4.78 is 17.7. The molecule has 0 spiro atoms. The van der Waals surface area contributed by atoms with Crippen LogP contribution in [0.25, 0.3) is 0 Å². The van der Waals surface area contributed by atoms with Gasteiger partial charge >= 0.3 is 5.97 Å². The zero-order chi connectivity index (χ0) is 14.3. The normalized spacial score (nSPS) is 11.8. The van der Waals surface area contributed by atoms with E-state index in [0.717, 1.165) is 38.5 Å². The van der Waals surface area contributed by atoms with E-state index in [1.54, 1.807) is 0 Å². The molecule has 0 amide bonds. The summed E-state index contributed by atoms with van der Waals surface area (Å²) >= 11 is 0. The highest BCUT2D eigenvalue weighted by atomic mass is 19.1. The van der Waals surface area contributed by atoms with Crippen molar-refractivity contribution in [3.8, 4) is 0 Å². The molecule has 3 nitrogen and oxygen atoms in total. The maximum absolute atomic E-state index is 13.1. The first kappa shape index (κ1) is 17.6. The van der Waals surface area contributed by atoms with Crippen LogP contribution in [0.1, 0.15) is 51.4 Å². The number of unbranched alkanes of at least 4 members (excludes halogenated alkanes) is 5. The van der Waals surface area contributed by atoms with Crippen molar-refractivity contribution >= 4 is 12.3 Å². The average Bonchev–Trinajstić information content (AvgIpc) is 2.41. The van der Waals surface area contributed by atoms with Crippen LogP contribution in [0, 0.1) is 0 Å². The summed E-state index contributed by atoms with van der Waals surface area (Å²) in [5.41, 5.74) is 0. The van der Waals surface area contributed by atoms with Gasteiger partial charge in [-0.1, -0.05) is 31.8 Å². The number of carbonyl (C=O) groups is 2. The lowest BCUT2D eigenvalue weighted by molar-refractivity contribution is -0.140. The maximum atomic E-state index is 13.1. The van der Waals surface area contributed by atoms with Gasteiger partial charge in [0.25, 0.3) is 0 Å². The number of halogens is 1. The van der Waals surface area contributed by atoms with Crippen molar-refractivity contribution < 1.29 is 18.7 Å². The molecule has 0 saturated heterocycles. The Hall–Kier alpha value is -1.45. The van der Waals surface area contributed by atoms with Gasteiger partial charge in [-0.25, -0.2) is 4.39 Å². The van der Waals surface area contributed by atoms with Crippen LogP contribution in [0.2, 0.25) is 0 Å². The van der Waals surface area contributed by atoms with E-state index < -0.39 is 0 Å². The van der Waals surface area contributed by atoms with Gasteiger partial charge in [0.2, 0.25) is 0 Å². The second kappa shape index (κ2) is 13.0. The second-order valence-electron chi connectivity index (χ2n) is 4.33. The van der Waals surface area contributed by atoms with Crippen LogP contribution in [0.5, 0.6) is 0 Å². The number of esters is 1. The summed E-state index contributed by atoms with van der Waals surface area (Å²) in [6.07, 6.45) is 11.3. The van der Waals surface area contributed by atoms with Gasteiger partial charge in [-0.3, -0.25) is 9.59 Å². The highest BCUT2D eigenvalue weighted by Crippen LogP contribution is 2.13. The molecule has 0 N–H and O–H groups in total. The van der Waals surface area contributed by atoms with Crippen molar-refractivity contribution in [2.45, 2.75) is 51.4 Å². The van der Waals surface area contributed by atoms with Crippen molar-refractivity contribution in [1.82, 2.24) is 0 Å². The topological polar surface area (TPSA) is 43.4 Å². The Balaban J connectivity index is 3.35. The van der Waals surface area contributed by atoms with Crippen LogP contribution < -0.4 is 0 Å². The van der Waals surface area contributed by atoms with Crippen molar-refractivity contribution in [3.05, 3.63) is 24.1 Å². The molecule has 4 heteroatoms. The fraction of sp³-hybridized carbons (Fsp3) is 0.600. The lowest BCUT2D eigenvalue weighted by atomic mass is 10.1. The van der Waals surface area contributed by atoms with Gasteiger partial charge in [0.1, 0.15) is 6.29 Å². The Kier molecular flexibility index (Phi) is 12.0. The van der Waals surface area contributed by atoms with Crippen LogP contribution in [0.4, 0.5) is 4.39 Å². The van der Waals surface area contributed by atoms with Gasteiger partial charge < -0.3 is 4.74 Å². The third kappa shape index (κ3) is 12.8. The number of rotatable bonds is 11. The number of ether oxygens (including phenoxy) is 1. The highest BCUT2D eigenvalue weighted by molar-refractivity contribution is 5.68. The summed E-state index contributed by atoms with van der Waals surface area (Å²) in [6.45, 7) is 0. The molecule has 0 rings (SSSR count). The van der Waals surface area contributed by atoms with Crippen LogP contribution in [-0.2, 0) is 14.3 Å². The third-order valence-electron chi connectivity index (χ3n) is 2.74. The van der Waals surface area contributed by atoms with Crippen molar-refractivity contribution in [3.63, 3.8) is 0 Å². The smallest absolute Gasteiger partial charge is 0.305 e. The van der Waals surface area contributed by atoms with E-state index in [4.69, 9.17) is 0 Å². The molecule has 0 heterocycles. The van der Waals surface area contributed by atoms with E-state index in [-0.39, 0.29) is 11.8 Å². The maximum Gasteiger partial charge on any atom is 0.305 e. The molecule has 0 aliphatic carbocycles. The Labute approximate surface area is 114 Å². The zero-order valence-corrected chi connectivity index (χ0v) is 11.6. The Morgan fingerprint density at radius 3 is 2.16 bits per heavy atom. The fourth-order valence-corrected chi connectivity index (χ4v) is 1.66. The lowest BCUT2D eigenvalue weighted by Gasteiger charge is -2.01. The summed E-state index contributed by atoms with van der Waals surface area (Å²) in [6, 6.07) is 0. The van der Waals surface area contributed by atoms with E-state index in [1.807, 2.05) is 0 Å². The number of methoxy groups -OCH3 is 1. The lowest BCUT2D eigenvalue weighted by Crippen LogP contribution is -1.99. The number of allylic oxidation sites excluding steroid dienone is 4. The van der Waals surface area contributed by atoms with Crippen LogP contribution in [0.15, 0.2) is 24.1 Å². The predicted molar refractivity (Wildman–Crippen MR) is 73.3 cm³/mol. The van der Waals surface area contributed by atoms with E-state index in [0.29, 0.717) is 19.1 Å². The van der Waals surface area contributed by atoms with Crippen molar-refractivity contribution in [1.29, 1.82) is 0 Å². The number of hydrogen-bond donors (Lipinski definition) is 0. The van der Waals surface area contributed by atoms with E-state index in [1.165, 1.54) is 25.3 Å². The second-order valence-corrected chi connectivity index (χ2v) is 4.33. The molecule has 0 aromatic rings. The molecular weight excluding hydrogens is 247 g/mol. The summed E-state index contributed by atoms with van der Waals surface area (Å²) in [5.74, 6) is -0.348. The predicted octanol–water partition coefficient (Wildman–Crippen LogP) is 3.89. The van der Waals surface area contributed by atoms with Gasteiger partial charge in [-0.05, 0) is 31.4 Å². The van der Waals surface area contributed by atoms with Crippen LogP contribution >= 0.6 is 0 Å². The van der Waals surface area contributed by atoms with E-state index in [9.17, 15) is 14.0 Å². The zero-order valence-electron chi connectivity index (χ0n) is 11.6. The van der Waals surface area contributed by atoms with Crippen LogP contribution in [0.3, 0.4) is 0 Å². The molecule has 0 aliphatic heterocycles. The molecule has 0 unspecified atom stereocenters. The quantitative estimate of drug-likeness (QED) is 0.188. The van der Waals surface area contributed by atoms with Gasteiger partial charge in [-0.15, -0.1) is 0 Å². The molecule has 19 heavy (non-hydrogen) atoms. The molecule has 0 atom stereocenters. The molecule has 0 bridgehead atoms. The van der Waals surface area contributed by atoms with Gasteiger partial charge in [0.05, 0.1) is 12.9 Å². The first-order chi connectivity index (χ1) is 9.20. The Morgan fingerprint density at radius 1 is 1.00 bits per heavy atom. The number of carbonyl (C=O) groups excluding carboxylic acids is 2. The summed E-state index contributed by atoms with van der Waals surface area (Å²) in [5, 5.41) is 0. The Bertz CT molecular complexity index is 309. The Morgan fingerprint density at radius 2 is 1.58 bits per heavy atom. The molecule has 0 aliphatic rings. The standard InChI is InChI=1S/C15H23FO3/c1-19-15(18)12-7-5-3-2-4-6-10-14(16)11-8-9-13-17/h8-9,11,13H,2-7,10,12H2,1H3/b9-8+,14-11+.